The molecule has 6 heavy (non-hydrogen) atoms. The normalized spacial score (nSPS) is 90.5. The molecule has 0 radical (unpaired) electrons. The van der Waals surface area contributed by atoms with Gasteiger partial charge in [0.2, 0.25) is 0 Å². The highest BCUT2D eigenvalue weighted by atomic mass is 15.6. The topological polar surface area (TPSA) is 48.0 Å². The van der Waals surface area contributed by atoms with Gasteiger partial charge in [-0.2, -0.15) is 0 Å². The van der Waals surface area contributed by atoms with Crippen LogP contribution in [0.5, 0.6) is 0 Å². The second kappa shape index (κ2) is 0.264. The van der Waals surface area contributed by atoms with E-state index in [0.29, 0.717) is 5.54 Å². The van der Waals surface area contributed by atoms with Gasteiger partial charge in [0.25, 0.3) is 0 Å². The van der Waals surface area contributed by atoms with Crippen LogP contribution in [0.3, 0.4) is 0 Å². The Kier molecular flexibility index (Phi) is 0.101. The SMILES string of the molecule is NC12NC13CC23. The second-order valence-electron chi connectivity index (χ2n) is 2.72. The summed E-state index contributed by atoms with van der Waals surface area (Å²) in [6, 6.07) is 0. The number of hydrogen-bond acceptors (Lipinski definition) is 2. The number of rotatable bonds is 0. The molecular weight excluding hydrogens is 76.1 g/mol. The van der Waals surface area contributed by atoms with Crippen molar-refractivity contribution in [3.63, 3.8) is 0 Å². The van der Waals surface area contributed by atoms with Gasteiger partial charge in [-0.3, -0.25) is 5.32 Å². The van der Waals surface area contributed by atoms with Crippen molar-refractivity contribution in [2.24, 2.45) is 11.7 Å². The first-order valence-corrected chi connectivity index (χ1v) is 2.38. The van der Waals surface area contributed by atoms with Gasteiger partial charge < -0.3 is 5.73 Å². The summed E-state index contributed by atoms with van der Waals surface area (Å²) < 4.78 is 0. The molecule has 2 heteroatoms. The van der Waals surface area contributed by atoms with Gasteiger partial charge in [-0.15, -0.1) is 0 Å². The molecule has 3 unspecified atom stereocenters. The molecule has 3 fully saturated rings. The summed E-state index contributed by atoms with van der Waals surface area (Å²) in [5.41, 5.74) is 6.36. The van der Waals surface area contributed by atoms with Crippen molar-refractivity contribution in [3.05, 3.63) is 0 Å². The van der Waals surface area contributed by atoms with Crippen molar-refractivity contribution in [2.75, 3.05) is 0 Å². The Morgan fingerprint density at radius 1 is 1.83 bits per heavy atom. The summed E-state index contributed by atoms with van der Waals surface area (Å²) in [5, 5.41) is 3.20. The van der Waals surface area contributed by atoms with E-state index < -0.39 is 0 Å². The van der Waals surface area contributed by atoms with Crippen molar-refractivity contribution in [3.8, 4) is 0 Å². The molecule has 1 heterocycles. The number of fused-ring (bicyclic) bond motifs is 1. The van der Waals surface area contributed by atoms with Gasteiger partial charge in [-0.1, -0.05) is 0 Å². The first-order valence-electron chi connectivity index (χ1n) is 2.38. The largest absolute Gasteiger partial charge is 0.311 e. The van der Waals surface area contributed by atoms with Crippen molar-refractivity contribution >= 4 is 0 Å². The fourth-order valence-corrected chi connectivity index (χ4v) is 1.59. The highest BCUT2D eigenvalue weighted by Crippen LogP contribution is 2.83. The molecule has 1 saturated heterocycles. The van der Waals surface area contributed by atoms with Gasteiger partial charge in [-0.05, 0) is 6.42 Å². The van der Waals surface area contributed by atoms with E-state index in [1.54, 1.807) is 0 Å². The molecule has 1 aliphatic heterocycles. The first-order chi connectivity index (χ1) is 2.80. The minimum Gasteiger partial charge on any atom is -0.311 e. The highest BCUT2D eigenvalue weighted by Gasteiger charge is 3.02. The van der Waals surface area contributed by atoms with Crippen molar-refractivity contribution in [2.45, 2.75) is 17.6 Å². The van der Waals surface area contributed by atoms with Crippen LogP contribution in [0.4, 0.5) is 0 Å². The van der Waals surface area contributed by atoms with Gasteiger partial charge in [0.1, 0.15) is 0 Å². The van der Waals surface area contributed by atoms with Crippen LogP contribution >= 0.6 is 0 Å². The Morgan fingerprint density at radius 2 is 2.33 bits per heavy atom. The maximum atomic E-state index is 5.61. The van der Waals surface area contributed by atoms with E-state index in [9.17, 15) is 0 Å². The molecule has 0 aromatic carbocycles. The molecule has 1 spiro atoms. The average molecular weight is 82.1 g/mol. The minimum atomic E-state index is 0.201. The van der Waals surface area contributed by atoms with Gasteiger partial charge in [0.15, 0.2) is 0 Å². The summed E-state index contributed by atoms with van der Waals surface area (Å²) in [5.74, 6) is 0.907. The van der Waals surface area contributed by atoms with Crippen LogP contribution < -0.4 is 11.1 Å². The van der Waals surface area contributed by atoms with Gasteiger partial charge in [-0.25, -0.2) is 0 Å². The maximum absolute atomic E-state index is 5.61. The first kappa shape index (κ1) is 2.28. The zero-order chi connectivity index (χ0) is 3.99. The third-order valence-corrected chi connectivity index (χ3v) is 2.53. The molecule has 32 valence electrons. The lowest BCUT2D eigenvalue weighted by Gasteiger charge is -1.89. The Morgan fingerprint density at radius 3 is 2.33 bits per heavy atom. The second-order valence-corrected chi connectivity index (χ2v) is 2.72. The monoisotopic (exact) mass is 82.1 g/mol. The predicted molar refractivity (Wildman–Crippen MR) is 20.9 cm³/mol. The van der Waals surface area contributed by atoms with E-state index in [2.05, 4.69) is 5.32 Å². The molecule has 3 aliphatic rings. The Bertz CT molecular complexity index is 136. The maximum Gasteiger partial charge on any atom is 0.0907 e. The van der Waals surface area contributed by atoms with Gasteiger partial charge >= 0.3 is 0 Å². The highest BCUT2D eigenvalue weighted by molar-refractivity contribution is 5.59. The van der Waals surface area contributed by atoms with Crippen LogP contribution in [0.15, 0.2) is 0 Å². The third-order valence-electron chi connectivity index (χ3n) is 2.53. The van der Waals surface area contributed by atoms with Gasteiger partial charge in [0.05, 0.1) is 11.2 Å². The fraction of sp³-hybridized carbons (Fsp3) is 1.00. The molecule has 3 rings (SSSR count). The Labute approximate surface area is 35.7 Å². The molecule has 3 atom stereocenters. The molecule has 2 saturated carbocycles. The smallest absolute Gasteiger partial charge is 0.0907 e. The standard InChI is InChI=1S/C4H6N2/c5-4-2-1-3(2,4)6-4/h2,6H,1,5H2. The van der Waals surface area contributed by atoms with Gasteiger partial charge in [0, 0.05) is 5.92 Å². The van der Waals surface area contributed by atoms with Crippen LogP contribution in [0, 0.1) is 5.92 Å². The van der Waals surface area contributed by atoms with Crippen molar-refractivity contribution < 1.29 is 0 Å². The fourth-order valence-electron chi connectivity index (χ4n) is 1.59. The van der Waals surface area contributed by atoms with Crippen LogP contribution in [0.2, 0.25) is 0 Å². The predicted octanol–water partition coefficient (Wildman–Crippen LogP) is -0.983. The lowest BCUT2D eigenvalue weighted by molar-refractivity contribution is 0.651. The molecule has 0 aromatic heterocycles. The van der Waals surface area contributed by atoms with E-state index in [4.69, 9.17) is 5.73 Å². The molecular formula is C4H6N2. The average Bonchev–Trinajstić information content (AvgIpc) is 2.27. The lowest BCUT2D eigenvalue weighted by atomic mass is 10.3. The zero-order valence-corrected chi connectivity index (χ0v) is 3.36. The molecule has 2 aliphatic carbocycles. The van der Waals surface area contributed by atoms with E-state index in [1.165, 1.54) is 6.42 Å². The van der Waals surface area contributed by atoms with Crippen LogP contribution in [-0.2, 0) is 0 Å². The number of nitrogens with one attached hydrogen (secondary N) is 1. The quantitative estimate of drug-likeness (QED) is 0.369. The molecule has 0 amide bonds. The van der Waals surface area contributed by atoms with Crippen LogP contribution in [-0.4, -0.2) is 11.2 Å². The summed E-state index contributed by atoms with van der Waals surface area (Å²) in [4.78, 5) is 0. The van der Waals surface area contributed by atoms with Crippen LogP contribution in [0.25, 0.3) is 0 Å². The Balaban J connectivity index is 2.31. The summed E-state index contributed by atoms with van der Waals surface area (Å²) >= 11 is 0. The molecule has 0 bridgehead atoms. The van der Waals surface area contributed by atoms with Crippen molar-refractivity contribution in [1.29, 1.82) is 0 Å². The number of nitrogens with two attached hydrogens (primary N) is 1. The summed E-state index contributed by atoms with van der Waals surface area (Å²) in [6.45, 7) is 0. The van der Waals surface area contributed by atoms with Crippen LogP contribution in [0.1, 0.15) is 6.42 Å². The lowest BCUT2D eigenvalue weighted by Crippen LogP contribution is -2.23. The van der Waals surface area contributed by atoms with E-state index in [1.807, 2.05) is 0 Å². The summed E-state index contributed by atoms with van der Waals surface area (Å²) in [6.07, 6.45) is 1.36. The summed E-state index contributed by atoms with van der Waals surface area (Å²) in [7, 11) is 0. The number of hydrogen-bond donors (Lipinski definition) is 2. The van der Waals surface area contributed by atoms with Crippen molar-refractivity contribution in [1.82, 2.24) is 5.32 Å². The van der Waals surface area contributed by atoms with E-state index >= 15 is 0 Å². The third kappa shape index (κ3) is 0.0497. The van der Waals surface area contributed by atoms with E-state index in [0.717, 1.165) is 5.92 Å². The molecule has 2 nitrogen and oxygen atoms in total. The minimum absolute atomic E-state index is 0.201. The zero-order valence-electron chi connectivity index (χ0n) is 3.36. The molecule has 0 aromatic rings. The Hall–Kier alpha value is -0.0800. The van der Waals surface area contributed by atoms with E-state index in [-0.39, 0.29) is 5.66 Å². The molecule has 3 N–H and O–H groups in total.